The van der Waals surface area contributed by atoms with Crippen LogP contribution in [0.2, 0.25) is 0 Å². The molecule has 0 saturated carbocycles. The average molecular weight is 296 g/mol. The van der Waals surface area contributed by atoms with Crippen molar-refractivity contribution >= 4 is 21.8 Å². The van der Waals surface area contributed by atoms with Crippen LogP contribution in [0.15, 0.2) is 33.9 Å². The van der Waals surface area contributed by atoms with Gasteiger partial charge in [0.15, 0.2) is 5.82 Å². The van der Waals surface area contributed by atoms with Crippen LogP contribution in [0.1, 0.15) is 21.5 Å². The van der Waals surface area contributed by atoms with Crippen molar-refractivity contribution in [1.82, 2.24) is 5.16 Å². The maximum atomic E-state index is 12.3. The lowest BCUT2D eigenvalue weighted by Crippen LogP contribution is -2.16. The first-order valence-corrected chi connectivity index (χ1v) is 7.07. The molecule has 0 aliphatic heterocycles. The van der Waals surface area contributed by atoms with Gasteiger partial charge in [-0.05, 0) is 37.1 Å². The van der Waals surface area contributed by atoms with E-state index >= 15 is 0 Å². The van der Waals surface area contributed by atoms with Gasteiger partial charge in [-0.15, -0.1) is 0 Å². The van der Waals surface area contributed by atoms with Gasteiger partial charge >= 0.3 is 5.97 Å². The van der Waals surface area contributed by atoms with Crippen LogP contribution < -0.4 is 4.72 Å². The molecule has 2 N–H and O–H groups in total. The predicted molar refractivity (Wildman–Crippen MR) is 70.2 cm³/mol. The van der Waals surface area contributed by atoms with E-state index in [2.05, 4.69) is 14.4 Å². The SMILES string of the molecule is Cc1cc(C(=O)O)cc(S(=O)(=O)Nc2ccon2)c1C. The highest BCUT2D eigenvalue weighted by atomic mass is 32.2. The minimum absolute atomic E-state index is 0.0304. The van der Waals surface area contributed by atoms with Gasteiger partial charge in [0.25, 0.3) is 10.0 Å². The molecular weight excluding hydrogens is 284 g/mol. The zero-order valence-corrected chi connectivity index (χ0v) is 11.6. The molecule has 1 heterocycles. The van der Waals surface area contributed by atoms with Gasteiger partial charge in [-0.2, -0.15) is 0 Å². The zero-order chi connectivity index (χ0) is 14.9. The lowest BCUT2D eigenvalue weighted by molar-refractivity contribution is 0.0696. The fourth-order valence-electron chi connectivity index (χ4n) is 1.69. The van der Waals surface area contributed by atoms with Crippen molar-refractivity contribution in [3.8, 4) is 0 Å². The normalized spacial score (nSPS) is 11.3. The molecule has 106 valence electrons. The second-order valence-corrected chi connectivity index (χ2v) is 5.86. The lowest BCUT2D eigenvalue weighted by Gasteiger charge is -2.11. The van der Waals surface area contributed by atoms with Crippen molar-refractivity contribution in [1.29, 1.82) is 0 Å². The number of aromatic carboxylic acids is 1. The number of nitrogens with one attached hydrogen (secondary N) is 1. The number of carboxylic acids is 1. The fraction of sp³-hybridized carbons (Fsp3) is 0.167. The van der Waals surface area contributed by atoms with Crippen molar-refractivity contribution in [2.45, 2.75) is 18.7 Å². The number of rotatable bonds is 4. The molecule has 7 nitrogen and oxygen atoms in total. The molecule has 0 radical (unpaired) electrons. The van der Waals surface area contributed by atoms with Crippen molar-refractivity contribution in [3.63, 3.8) is 0 Å². The van der Waals surface area contributed by atoms with E-state index in [4.69, 9.17) is 5.11 Å². The first-order chi connectivity index (χ1) is 9.31. The second kappa shape index (κ2) is 4.97. The molecule has 0 aliphatic rings. The summed E-state index contributed by atoms with van der Waals surface area (Å²) in [5, 5.41) is 12.5. The van der Waals surface area contributed by atoms with Gasteiger partial charge in [0.05, 0.1) is 10.5 Å². The minimum Gasteiger partial charge on any atom is -0.478 e. The summed E-state index contributed by atoms with van der Waals surface area (Å²) in [6, 6.07) is 3.89. The Hall–Kier alpha value is -2.35. The van der Waals surface area contributed by atoms with Crippen LogP contribution in [-0.2, 0) is 10.0 Å². The van der Waals surface area contributed by atoms with Crippen LogP contribution in [0.3, 0.4) is 0 Å². The van der Waals surface area contributed by atoms with E-state index in [1.807, 2.05) is 0 Å². The number of benzene rings is 1. The van der Waals surface area contributed by atoms with Crippen LogP contribution in [0, 0.1) is 13.8 Å². The Morgan fingerprint density at radius 3 is 2.60 bits per heavy atom. The summed E-state index contributed by atoms with van der Waals surface area (Å²) >= 11 is 0. The molecule has 0 fully saturated rings. The molecule has 0 aliphatic carbocycles. The lowest BCUT2D eigenvalue weighted by atomic mass is 10.1. The molecule has 20 heavy (non-hydrogen) atoms. The highest BCUT2D eigenvalue weighted by Gasteiger charge is 2.21. The van der Waals surface area contributed by atoms with E-state index in [0.717, 1.165) is 6.07 Å². The summed E-state index contributed by atoms with van der Waals surface area (Å²) in [7, 11) is -3.93. The smallest absolute Gasteiger partial charge is 0.335 e. The number of aryl methyl sites for hydroxylation is 1. The number of sulfonamides is 1. The number of nitrogens with zero attached hydrogens (tertiary/aromatic N) is 1. The Morgan fingerprint density at radius 1 is 1.35 bits per heavy atom. The number of anilines is 1. The van der Waals surface area contributed by atoms with Gasteiger partial charge in [0.2, 0.25) is 0 Å². The largest absolute Gasteiger partial charge is 0.478 e. The molecule has 1 aromatic carbocycles. The monoisotopic (exact) mass is 296 g/mol. The highest BCUT2D eigenvalue weighted by molar-refractivity contribution is 7.92. The van der Waals surface area contributed by atoms with E-state index < -0.39 is 16.0 Å². The van der Waals surface area contributed by atoms with Gasteiger partial charge in [-0.3, -0.25) is 4.72 Å². The third-order valence-corrected chi connectivity index (χ3v) is 4.31. The van der Waals surface area contributed by atoms with Crippen molar-refractivity contribution in [2.24, 2.45) is 0 Å². The minimum atomic E-state index is -3.93. The summed E-state index contributed by atoms with van der Waals surface area (Å²) in [5.74, 6) is -1.16. The molecular formula is C12H12N2O5S. The average Bonchev–Trinajstić information content (AvgIpc) is 2.83. The van der Waals surface area contributed by atoms with Crippen LogP contribution in [0.4, 0.5) is 5.82 Å². The summed E-state index contributed by atoms with van der Waals surface area (Å²) in [5.41, 5.74) is 0.963. The summed E-state index contributed by atoms with van der Waals surface area (Å²) < 4.78 is 31.3. The molecule has 1 aromatic heterocycles. The Morgan fingerprint density at radius 2 is 2.05 bits per heavy atom. The zero-order valence-electron chi connectivity index (χ0n) is 10.7. The van der Waals surface area contributed by atoms with Crippen LogP contribution in [-0.4, -0.2) is 24.7 Å². The maximum Gasteiger partial charge on any atom is 0.335 e. The Labute approximate surface area is 115 Å². The van der Waals surface area contributed by atoms with Gasteiger partial charge in [0, 0.05) is 6.07 Å². The topological polar surface area (TPSA) is 110 Å². The molecule has 0 bridgehead atoms. The van der Waals surface area contributed by atoms with Gasteiger partial charge in [-0.25, -0.2) is 13.2 Å². The Kier molecular flexibility index (Phi) is 3.49. The van der Waals surface area contributed by atoms with Crippen LogP contribution in [0.5, 0.6) is 0 Å². The quantitative estimate of drug-likeness (QED) is 0.890. The van der Waals surface area contributed by atoms with Crippen molar-refractivity contribution in [2.75, 3.05) is 4.72 Å². The predicted octanol–water partition coefficient (Wildman–Crippen LogP) is 1.79. The number of carboxylic acid groups (broad SMARTS) is 1. The highest BCUT2D eigenvalue weighted by Crippen LogP contribution is 2.23. The van der Waals surface area contributed by atoms with Gasteiger partial charge in [-0.1, -0.05) is 5.16 Å². The third-order valence-electron chi connectivity index (χ3n) is 2.83. The first kappa shape index (κ1) is 14.1. The fourth-order valence-corrected chi connectivity index (χ4v) is 3.02. The van der Waals surface area contributed by atoms with E-state index in [1.54, 1.807) is 13.8 Å². The van der Waals surface area contributed by atoms with Crippen LogP contribution in [0.25, 0.3) is 0 Å². The maximum absolute atomic E-state index is 12.3. The molecule has 2 aromatic rings. The molecule has 2 rings (SSSR count). The molecule has 0 unspecified atom stereocenters. The molecule has 0 saturated heterocycles. The second-order valence-electron chi connectivity index (χ2n) is 4.21. The molecule has 8 heteroatoms. The summed E-state index contributed by atoms with van der Waals surface area (Å²) in [6.07, 6.45) is 1.23. The number of carbonyl (C=O) groups is 1. The summed E-state index contributed by atoms with van der Waals surface area (Å²) in [6.45, 7) is 3.26. The molecule has 0 spiro atoms. The van der Waals surface area contributed by atoms with Gasteiger partial charge in [0.1, 0.15) is 6.26 Å². The van der Waals surface area contributed by atoms with Crippen molar-refractivity contribution in [3.05, 3.63) is 41.2 Å². The molecule has 0 amide bonds. The summed E-state index contributed by atoms with van der Waals surface area (Å²) in [4.78, 5) is 10.9. The number of hydrogen-bond donors (Lipinski definition) is 2. The first-order valence-electron chi connectivity index (χ1n) is 5.59. The number of hydrogen-bond acceptors (Lipinski definition) is 5. The third kappa shape index (κ3) is 2.64. The van der Waals surface area contributed by atoms with E-state index in [9.17, 15) is 13.2 Å². The van der Waals surface area contributed by atoms with E-state index in [0.29, 0.717) is 11.1 Å². The Bertz CT molecular complexity index is 750. The molecule has 0 atom stereocenters. The number of aromatic nitrogens is 1. The van der Waals surface area contributed by atoms with E-state index in [-0.39, 0.29) is 16.3 Å². The van der Waals surface area contributed by atoms with Gasteiger partial charge < -0.3 is 9.63 Å². The van der Waals surface area contributed by atoms with Crippen LogP contribution >= 0.6 is 0 Å². The standard InChI is InChI=1S/C12H12N2O5S/c1-7-5-9(12(15)16)6-10(8(7)2)20(17,18)14-11-3-4-19-13-11/h3-6H,1-2H3,(H,13,14)(H,15,16). The Balaban J connectivity index is 2.53. The van der Waals surface area contributed by atoms with E-state index in [1.165, 1.54) is 18.4 Å². The van der Waals surface area contributed by atoms with Crippen molar-refractivity contribution < 1.29 is 22.8 Å².